The van der Waals surface area contributed by atoms with E-state index in [0.29, 0.717) is 17.6 Å². The van der Waals surface area contributed by atoms with E-state index in [2.05, 4.69) is 10.1 Å². The van der Waals surface area contributed by atoms with Crippen molar-refractivity contribution in [2.75, 3.05) is 13.1 Å². The van der Waals surface area contributed by atoms with E-state index in [1.165, 1.54) is 12.7 Å². The van der Waals surface area contributed by atoms with Gasteiger partial charge in [0.2, 0.25) is 5.91 Å². The van der Waals surface area contributed by atoms with Gasteiger partial charge in [0, 0.05) is 18.7 Å². The highest BCUT2D eigenvalue weighted by atomic mass is 16.2. The maximum absolute atomic E-state index is 12.4. The minimum atomic E-state index is -0.536. The number of hydrogen-bond donors (Lipinski definition) is 1. The molecule has 1 fully saturated rings. The molecule has 1 aromatic carbocycles. The van der Waals surface area contributed by atoms with E-state index in [1.54, 1.807) is 16.6 Å². The largest absolute Gasteiger partial charge is 0.365 e. The molecule has 0 unspecified atom stereocenters. The zero-order chi connectivity index (χ0) is 18.8. The van der Waals surface area contributed by atoms with Crippen molar-refractivity contribution >= 4 is 17.5 Å². The molecule has 1 aliphatic heterocycles. The molecule has 2 amide bonds. The average molecular weight is 363 g/mol. The molecule has 27 heavy (non-hydrogen) atoms. The fraction of sp³-hybridized carbons (Fsp3) is 0.300. The molecule has 0 aliphatic carbocycles. The van der Waals surface area contributed by atoms with E-state index in [9.17, 15) is 9.59 Å². The van der Waals surface area contributed by atoms with Gasteiger partial charge in [0.25, 0.3) is 5.91 Å². The molecule has 0 bridgehead atoms. The van der Waals surface area contributed by atoms with Crippen molar-refractivity contribution in [3.8, 4) is 11.3 Å². The molecule has 2 aromatic heterocycles. The zero-order valence-electron chi connectivity index (χ0n) is 15.0. The Hall–Kier alpha value is -3.22. The van der Waals surface area contributed by atoms with Gasteiger partial charge in [-0.25, -0.2) is 9.50 Å². The maximum Gasteiger partial charge on any atom is 0.252 e. The Morgan fingerprint density at radius 3 is 2.44 bits per heavy atom. The number of benzene rings is 1. The number of carbonyl (C=O) groups is 2. The number of aromatic nitrogens is 3. The van der Waals surface area contributed by atoms with Gasteiger partial charge in [-0.15, -0.1) is 0 Å². The second kappa shape index (κ2) is 7.19. The molecule has 7 nitrogen and oxygen atoms in total. The van der Waals surface area contributed by atoms with Gasteiger partial charge < -0.3 is 10.6 Å². The summed E-state index contributed by atoms with van der Waals surface area (Å²) in [4.78, 5) is 30.1. The van der Waals surface area contributed by atoms with Gasteiger partial charge in [0.15, 0.2) is 5.65 Å². The van der Waals surface area contributed by atoms with E-state index in [1.807, 2.05) is 29.2 Å². The van der Waals surface area contributed by atoms with E-state index in [4.69, 9.17) is 5.73 Å². The van der Waals surface area contributed by atoms with Gasteiger partial charge in [0.05, 0.1) is 17.7 Å². The van der Waals surface area contributed by atoms with Crippen molar-refractivity contribution < 1.29 is 9.59 Å². The van der Waals surface area contributed by atoms with Crippen LogP contribution in [0.15, 0.2) is 42.7 Å². The van der Waals surface area contributed by atoms with Crippen molar-refractivity contribution in [2.24, 2.45) is 5.73 Å². The van der Waals surface area contributed by atoms with Crippen LogP contribution in [0.25, 0.3) is 16.9 Å². The number of pyridine rings is 1. The van der Waals surface area contributed by atoms with Gasteiger partial charge in [-0.2, -0.15) is 5.10 Å². The number of piperidine rings is 1. The molecule has 0 saturated carbocycles. The average Bonchev–Trinajstić information content (AvgIpc) is 3.18. The Kier molecular flexibility index (Phi) is 4.58. The van der Waals surface area contributed by atoms with Crippen LogP contribution in [-0.2, 0) is 11.2 Å². The summed E-state index contributed by atoms with van der Waals surface area (Å²) >= 11 is 0. The van der Waals surface area contributed by atoms with Crippen LogP contribution in [0, 0.1) is 0 Å². The van der Waals surface area contributed by atoms with Crippen molar-refractivity contribution in [3.63, 3.8) is 0 Å². The number of hydrogen-bond acceptors (Lipinski definition) is 4. The number of nitrogens with two attached hydrogens (primary N) is 1. The van der Waals surface area contributed by atoms with Gasteiger partial charge in [-0.3, -0.25) is 9.59 Å². The van der Waals surface area contributed by atoms with Crippen LogP contribution in [0.3, 0.4) is 0 Å². The Morgan fingerprint density at radius 2 is 1.74 bits per heavy atom. The van der Waals surface area contributed by atoms with Crippen molar-refractivity contribution in [1.82, 2.24) is 19.5 Å². The lowest BCUT2D eigenvalue weighted by atomic mass is 10.0. The Labute approximate surface area is 156 Å². The van der Waals surface area contributed by atoms with Gasteiger partial charge >= 0.3 is 0 Å². The van der Waals surface area contributed by atoms with E-state index < -0.39 is 5.91 Å². The highest BCUT2D eigenvalue weighted by Crippen LogP contribution is 2.22. The van der Waals surface area contributed by atoms with E-state index in [-0.39, 0.29) is 5.91 Å². The third kappa shape index (κ3) is 3.40. The molecule has 3 heterocycles. The fourth-order valence-corrected chi connectivity index (χ4v) is 3.54. The molecule has 7 heteroatoms. The molecule has 0 atom stereocenters. The van der Waals surface area contributed by atoms with Crippen molar-refractivity contribution in [1.29, 1.82) is 0 Å². The molecule has 138 valence electrons. The van der Waals surface area contributed by atoms with Crippen LogP contribution in [0.1, 0.15) is 35.2 Å². The zero-order valence-corrected chi connectivity index (χ0v) is 15.0. The summed E-state index contributed by atoms with van der Waals surface area (Å²) in [5.74, 6) is -0.349. The highest BCUT2D eigenvalue weighted by Gasteiger charge is 2.17. The second-order valence-electron chi connectivity index (χ2n) is 6.81. The van der Waals surface area contributed by atoms with Gasteiger partial charge in [0.1, 0.15) is 6.33 Å². The molecule has 2 N–H and O–H groups in total. The summed E-state index contributed by atoms with van der Waals surface area (Å²) in [6, 6.07) is 11.3. The predicted octanol–water partition coefficient (Wildman–Crippen LogP) is 2.05. The SMILES string of the molecule is NC(=O)c1ccc(-c2ccc(CC(=O)N3CCCCC3)cc2)n2ncnc12. The Morgan fingerprint density at radius 1 is 1.00 bits per heavy atom. The predicted molar refractivity (Wildman–Crippen MR) is 101 cm³/mol. The van der Waals surface area contributed by atoms with Crippen LogP contribution in [0.4, 0.5) is 0 Å². The molecule has 1 saturated heterocycles. The van der Waals surface area contributed by atoms with E-state index in [0.717, 1.165) is 42.8 Å². The number of nitrogens with zero attached hydrogens (tertiary/aromatic N) is 4. The van der Waals surface area contributed by atoms with Gasteiger partial charge in [-0.05, 0) is 37.0 Å². The molecular formula is C20H21N5O2. The summed E-state index contributed by atoms with van der Waals surface area (Å²) in [7, 11) is 0. The number of likely N-dealkylation sites (tertiary alicyclic amines) is 1. The Bertz CT molecular complexity index is 987. The number of primary amides is 1. The van der Waals surface area contributed by atoms with Crippen LogP contribution < -0.4 is 5.73 Å². The molecular weight excluding hydrogens is 342 g/mol. The smallest absolute Gasteiger partial charge is 0.252 e. The van der Waals surface area contributed by atoms with Crippen molar-refractivity contribution in [2.45, 2.75) is 25.7 Å². The lowest BCUT2D eigenvalue weighted by Gasteiger charge is -2.26. The minimum Gasteiger partial charge on any atom is -0.365 e. The first-order valence-corrected chi connectivity index (χ1v) is 9.13. The van der Waals surface area contributed by atoms with Crippen LogP contribution in [0.5, 0.6) is 0 Å². The number of rotatable bonds is 4. The first kappa shape index (κ1) is 17.2. The highest BCUT2D eigenvalue weighted by molar-refractivity contribution is 5.99. The maximum atomic E-state index is 12.4. The summed E-state index contributed by atoms with van der Waals surface area (Å²) in [6.45, 7) is 1.74. The van der Waals surface area contributed by atoms with Crippen LogP contribution in [0.2, 0.25) is 0 Å². The quantitative estimate of drug-likeness (QED) is 0.768. The third-order valence-electron chi connectivity index (χ3n) is 5.00. The topological polar surface area (TPSA) is 93.6 Å². The minimum absolute atomic E-state index is 0.187. The number of amides is 2. The molecule has 0 radical (unpaired) electrons. The van der Waals surface area contributed by atoms with Crippen LogP contribution in [-0.4, -0.2) is 44.4 Å². The lowest BCUT2D eigenvalue weighted by molar-refractivity contribution is -0.131. The lowest BCUT2D eigenvalue weighted by Crippen LogP contribution is -2.36. The first-order chi connectivity index (χ1) is 13.1. The van der Waals surface area contributed by atoms with Crippen LogP contribution >= 0.6 is 0 Å². The summed E-state index contributed by atoms with van der Waals surface area (Å²) < 4.78 is 1.61. The molecule has 4 rings (SSSR count). The number of fused-ring (bicyclic) bond motifs is 1. The summed E-state index contributed by atoms with van der Waals surface area (Å²) in [5.41, 5.74) is 8.89. The van der Waals surface area contributed by atoms with E-state index >= 15 is 0 Å². The monoisotopic (exact) mass is 363 g/mol. The third-order valence-corrected chi connectivity index (χ3v) is 5.00. The molecule has 1 aliphatic rings. The number of carbonyl (C=O) groups excluding carboxylic acids is 2. The van der Waals surface area contributed by atoms with Crippen molar-refractivity contribution in [3.05, 3.63) is 53.9 Å². The first-order valence-electron chi connectivity index (χ1n) is 9.13. The standard InChI is InChI=1S/C20H21N5O2/c21-19(27)16-8-9-17(25-20(16)22-13-23-25)15-6-4-14(5-7-15)12-18(26)24-10-2-1-3-11-24/h4-9,13H,1-3,10-12H2,(H2,21,27). The second-order valence-corrected chi connectivity index (χ2v) is 6.81. The fourth-order valence-electron chi connectivity index (χ4n) is 3.54. The summed E-state index contributed by atoms with van der Waals surface area (Å²) in [5, 5.41) is 4.21. The normalized spacial score (nSPS) is 14.4. The Balaban J connectivity index is 1.57. The molecule has 3 aromatic rings. The molecule has 0 spiro atoms. The van der Waals surface area contributed by atoms with Gasteiger partial charge in [-0.1, -0.05) is 24.3 Å². The summed E-state index contributed by atoms with van der Waals surface area (Å²) in [6.07, 6.45) is 5.22.